The first-order valence-corrected chi connectivity index (χ1v) is 5.28. The summed E-state index contributed by atoms with van der Waals surface area (Å²) in [5.74, 6) is 0. The summed E-state index contributed by atoms with van der Waals surface area (Å²) in [6, 6.07) is 3.68. The van der Waals surface area contributed by atoms with E-state index in [9.17, 15) is 9.59 Å². The van der Waals surface area contributed by atoms with E-state index in [4.69, 9.17) is 11.6 Å². The highest BCUT2D eigenvalue weighted by atomic mass is 35.5. The standard InChI is InChI=1S/C11H14ClNO2/c1-8(2)13-7-3-4-9(11(13)15)5-6-10(12)14/h3-4,7-8H,5-6H2,1-2H3. The van der Waals surface area contributed by atoms with E-state index in [-0.39, 0.29) is 18.0 Å². The van der Waals surface area contributed by atoms with Crippen LogP contribution in [0.25, 0.3) is 0 Å². The zero-order valence-corrected chi connectivity index (χ0v) is 9.62. The van der Waals surface area contributed by atoms with Gasteiger partial charge in [-0.2, -0.15) is 0 Å². The average molecular weight is 228 g/mol. The summed E-state index contributed by atoms with van der Waals surface area (Å²) in [5, 5.41) is -0.408. The minimum atomic E-state index is -0.408. The molecule has 0 spiro atoms. The molecular formula is C11H14ClNO2. The Morgan fingerprint density at radius 2 is 2.20 bits per heavy atom. The van der Waals surface area contributed by atoms with E-state index in [0.717, 1.165) is 0 Å². The van der Waals surface area contributed by atoms with Crippen molar-refractivity contribution in [2.45, 2.75) is 32.7 Å². The Hall–Kier alpha value is -1.09. The predicted octanol–water partition coefficient (Wildman–Crippen LogP) is 2.13. The molecule has 0 aromatic carbocycles. The van der Waals surface area contributed by atoms with Gasteiger partial charge >= 0.3 is 0 Å². The minimum absolute atomic E-state index is 0.0367. The highest BCUT2D eigenvalue weighted by molar-refractivity contribution is 6.63. The fourth-order valence-electron chi connectivity index (χ4n) is 1.39. The van der Waals surface area contributed by atoms with Crippen molar-refractivity contribution in [1.82, 2.24) is 4.57 Å². The van der Waals surface area contributed by atoms with Gasteiger partial charge in [0, 0.05) is 24.2 Å². The van der Waals surface area contributed by atoms with E-state index in [2.05, 4.69) is 0 Å². The van der Waals surface area contributed by atoms with Crippen LogP contribution in [0.4, 0.5) is 0 Å². The van der Waals surface area contributed by atoms with Gasteiger partial charge in [-0.25, -0.2) is 0 Å². The van der Waals surface area contributed by atoms with Gasteiger partial charge in [-0.15, -0.1) is 0 Å². The van der Waals surface area contributed by atoms with Crippen LogP contribution in [0.3, 0.4) is 0 Å². The summed E-state index contributed by atoms with van der Waals surface area (Å²) in [4.78, 5) is 22.4. The van der Waals surface area contributed by atoms with Gasteiger partial charge in [0.15, 0.2) is 0 Å². The third kappa shape index (κ3) is 3.20. The van der Waals surface area contributed by atoms with E-state index in [0.29, 0.717) is 12.0 Å². The number of hydrogen-bond donors (Lipinski definition) is 0. The Balaban J connectivity index is 2.95. The van der Waals surface area contributed by atoms with Crippen LogP contribution < -0.4 is 5.56 Å². The first-order valence-electron chi connectivity index (χ1n) is 4.90. The molecule has 4 heteroatoms. The van der Waals surface area contributed by atoms with Gasteiger partial charge in [0.25, 0.3) is 5.56 Å². The van der Waals surface area contributed by atoms with Crippen LogP contribution >= 0.6 is 11.6 Å². The topological polar surface area (TPSA) is 39.1 Å². The number of pyridine rings is 1. The fraction of sp³-hybridized carbons (Fsp3) is 0.455. The quantitative estimate of drug-likeness (QED) is 0.740. The largest absolute Gasteiger partial charge is 0.313 e. The molecule has 0 N–H and O–H groups in total. The summed E-state index contributed by atoms with van der Waals surface area (Å²) in [6.07, 6.45) is 2.37. The molecule has 0 aliphatic heterocycles. The van der Waals surface area contributed by atoms with Gasteiger partial charge in [-0.1, -0.05) is 6.07 Å². The van der Waals surface area contributed by atoms with Crippen molar-refractivity contribution in [3.63, 3.8) is 0 Å². The van der Waals surface area contributed by atoms with Crippen molar-refractivity contribution in [1.29, 1.82) is 0 Å². The molecule has 1 aromatic rings. The third-order valence-electron chi connectivity index (χ3n) is 2.20. The van der Waals surface area contributed by atoms with Gasteiger partial charge < -0.3 is 4.57 Å². The molecule has 0 atom stereocenters. The predicted molar refractivity (Wildman–Crippen MR) is 60.3 cm³/mol. The smallest absolute Gasteiger partial charge is 0.253 e. The minimum Gasteiger partial charge on any atom is -0.313 e. The summed E-state index contributed by atoms with van der Waals surface area (Å²) >= 11 is 5.23. The second-order valence-corrected chi connectivity index (χ2v) is 4.12. The maximum absolute atomic E-state index is 11.8. The number of carbonyl (C=O) groups is 1. The average Bonchev–Trinajstić information content (AvgIpc) is 2.15. The Labute approximate surface area is 93.7 Å². The maximum Gasteiger partial charge on any atom is 0.253 e. The molecule has 1 rings (SSSR count). The molecule has 0 saturated heterocycles. The highest BCUT2D eigenvalue weighted by Gasteiger charge is 2.06. The van der Waals surface area contributed by atoms with Gasteiger partial charge in [0.2, 0.25) is 5.24 Å². The lowest BCUT2D eigenvalue weighted by Gasteiger charge is -2.10. The molecule has 82 valence electrons. The summed E-state index contributed by atoms with van der Waals surface area (Å²) in [7, 11) is 0. The molecule has 0 unspecified atom stereocenters. The van der Waals surface area contributed by atoms with Crippen molar-refractivity contribution in [2.75, 3.05) is 0 Å². The van der Waals surface area contributed by atoms with E-state index < -0.39 is 5.24 Å². The van der Waals surface area contributed by atoms with E-state index >= 15 is 0 Å². The molecule has 0 radical (unpaired) electrons. The van der Waals surface area contributed by atoms with Crippen molar-refractivity contribution in [3.05, 3.63) is 34.2 Å². The van der Waals surface area contributed by atoms with Crippen LogP contribution in [-0.2, 0) is 11.2 Å². The second kappa shape index (κ2) is 5.12. The first kappa shape index (κ1) is 12.0. The number of hydrogen-bond acceptors (Lipinski definition) is 2. The molecule has 1 heterocycles. The molecule has 3 nitrogen and oxygen atoms in total. The Bertz CT molecular complexity index is 409. The van der Waals surface area contributed by atoms with Crippen LogP contribution in [0.2, 0.25) is 0 Å². The van der Waals surface area contributed by atoms with Crippen LogP contribution in [0, 0.1) is 0 Å². The number of nitrogens with zero attached hydrogens (tertiary/aromatic N) is 1. The monoisotopic (exact) mass is 227 g/mol. The molecule has 0 aliphatic carbocycles. The van der Waals surface area contributed by atoms with Gasteiger partial charge in [0.1, 0.15) is 0 Å². The van der Waals surface area contributed by atoms with Crippen LogP contribution in [0.5, 0.6) is 0 Å². The number of rotatable bonds is 4. The van der Waals surface area contributed by atoms with Gasteiger partial charge in [0.05, 0.1) is 0 Å². The molecule has 1 aromatic heterocycles. The molecule has 0 fully saturated rings. The van der Waals surface area contributed by atoms with Crippen LogP contribution in [0.15, 0.2) is 23.1 Å². The van der Waals surface area contributed by atoms with Crippen molar-refractivity contribution >= 4 is 16.8 Å². The molecule has 15 heavy (non-hydrogen) atoms. The van der Waals surface area contributed by atoms with E-state index in [1.54, 1.807) is 16.8 Å². The lowest BCUT2D eigenvalue weighted by molar-refractivity contribution is -0.111. The highest BCUT2D eigenvalue weighted by Crippen LogP contribution is 2.03. The Morgan fingerprint density at radius 3 is 2.73 bits per heavy atom. The van der Waals surface area contributed by atoms with E-state index in [1.807, 2.05) is 19.9 Å². The normalized spacial score (nSPS) is 10.7. The summed E-state index contributed by atoms with van der Waals surface area (Å²) < 4.78 is 1.65. The van der Waals surface area contributed by atoms with Crippen molar-refractivity contribution in [3.8, 4) is 0 Å². The van der Waals surface area contributed by atoms with Crippen LogP contribution in [-0.4, -0.2) is 9.81 Å². The third-order valence-corrected chi connectivity index (χ3v) is 2.39. The molecule has 0 saturated carbocycles. The Morgan fingerprint density at radius 1 is 1.53 bits per heavy atom. The zero-order valence-electron chi connectivity index (χ0n) is 8.87. The molecule has 0 amide bonds. The summed E-state index contributed by atoms with van der Waals surface area (Å²) in [5.41, 5.74) is 0.602. The number of aryl methyl sites for hydroxylation is 1. The van der Waals surface area contributed by atoms with Crippen molar-refractivity contribution < 1.29 is 4.79 Å². The van der Waals surface area contributed by atoms with Crippen molar-refractivity contribution in [2.24, 2.45) is 0 Å². The zero-order chi connectivity index (χ0) is 11.4. The van der Waals surface area contributed by atoms with Crippen LogP contribution in [0.1, 0.15) is 31.9 Å². The van der Waals surface area contributed by atoms with Gasteiger partial charge in [-0.05, 0) is 37.9 Å². The number of aromatic nitrogens is 1. The fourth-order valence-corrected chi connectivity index (χ4v) is 1.48. The lowest BCUT2D eigenvalue weighted by Crippen LogP contribution is -2.24. The van der Waals surface area contributed by atoms with Gasteiger partial charge in [-0.3, -0.25) is 9.59 Å². The molecular weight excluding hydrogens is 214 g/mol. The maximum atomic E-state index is 11.8. The second-order valence-electron chi connectivity index (χ2n) is 3.69. The lowest BCUT2D eigenvalue weighted by atomic mass is 10.1. The number of carbonyl (C=O) groups excluding carboxylic acids is 1. The molecule has 0 bridgehead atoms. The summed E-state index contributed by atoms with van der Waals surface area (Å²) in [6.45, 7) is 3.88. The van der Waals surface area contributed by atoms with E-state index in [1.165, 1.54) is 0 Å². The first-order chi connectivity index (χ1) is 7.02. The molecule has 0 aliphatic rings. The Kier molecular flexibility index (Phi) is 4.09. The number of halogens is 1. The SMILES string of the molecule is CC(C)n1cccc(CCC(=O)Cl)c1=O.